The van der Waals surface area contributed by atoms with Crippen molar-refractivity contribution in [3.8, 4) is 5.75 Å². The molecule has 1 aromatic carbocycles. The fourth-order valence-electron chi connectivity index (χ4n) is 2.44. The Bertz CT molecular complexity index is 484. The lowest BCUT2D eigenvalue weighted by Gasteiger charge is -2.16. The number of Topliss-reactive ketones (excluding diaryl/α,β-unsaturated/α-hetero) is 1. The molecule has 0 spiro atoms. The Labute approximate surface area is 125 Å². The number of benzene rings is 1. The van der Waals surface area contributed by atoms with Crippen molar-refractivity contribution in [2.24, 2.45) is 0 Å². The molecule has 116 valence electrons. The van der Waals surface area contributed by atoms with Gasteiger partial charge in [-0.05, 0) is 44.9 Å². The van der Waals surface area contributed by atoms with E-state index in [0.717, 1.165) is 19.4 Å². The highest BCUT2D eigenvalue weighted by Crippen LogP contribution is 2.23. The van der Waals surface area contributed by atoms with Gasteiger partial charge >= 0.3 is 0 Å². The summed E-state index contributed by atoms with van der Waals surface area (Å²) >= 11 is 0. The third-order valence-corrected chi connectivity index (χ3v) is 3.66. The van der Waals surface area contributed by atoms with Crippen LogP contribution in [0, 0.1) is 0 Å². The smallest absolute Gasteiger partial charge is 0.179 e. The number of anilines is 1. The minimum atomic E-state index is -0.258. The lowest BCUT2D eigenvalue weighted by molar-refractivity contribution is 0.0902. The van der Waals surface area contributed by atoms with Crippen LogP contribution in [-0.4, -0.2) is 37.7 Å². The number of rotatable bonds is 7. The molecule has 2 rings (SSSR count). The standard InChI is InChI=1S/C16H24N2O3/c1-3-20-15-7-6-12(9-14(15)17)16(19)11(2)18-10-13-5-4-8-21-13/h6-7,9,11,13,18H,3-5,8,10,17H2,1-2H3. The fourth-order valence-corrected chi connectivity index (χ4v) is 2.44. The highest BCUT2D eigenvalue weighted by Gasteiger charge is 2.20. The summed E-state index contributed by atoms with van der Waals surface area (Å²) in [5.74, 6) is 0.650. The molecule has 0 radical (unpaired) electrons. The van der Waals surface area contributed by atoms with E-state index in [9.17, 15) is 4.79 Å². The van der Waals surface area contributed by atoms with Crippen LogP contribution in [0.15, 0.2) is 18.2 Å². The summed E-state index contributed by atoms with van der Waals surface area (Å²) in [6.45, 7) is 5.85. The molecule has 1 aliphatic heterocycles. The average Bonchev–Trinajstić information content (AvgIpc) is 2.99. The molecule has 0 bridgehead atoms. The monoisotopic (exact) mass is 292 g/mol. The Hall–Kier alpha value is -1.59. The summed E-state index contributed by atoms with van der Waals surface area (Å²) in [5.41, 5.74) is 7.00. The SMILES string of the molecule is CCOc1ccc(C(=O)C(C)NCC2CCCO2)cc1N. The highest BCUT2D eigenvalue weighted by molar-refractivity contribution is 6.00. The number of nitrogens with two attached hydrogens (primary N) is 1. The molecule has 0 aromatic heterocycles. The molecule has 5 heteroatoms. The van der Waals surface area contributed by atoms with Crippen LogP contribution < -0.4 is 15.8 Å². The van der Waals surface area contributed by atoms with Gasteiger partial charge in [-0.25, -0.2) is 0 Å². The topological polar surface area (TPSA) is 73.6 Å². The van der Waals surface area contributed by atoms with Crippen LogP contribution in [-0.2, 0) is 4.74 Å². The van der Waals surface area contributed by atoms with Crippen LogP contribution >= 0.6 is 0 Å². The molecule has 5 nitrogen and oxygen atoms in total. The molecule has 1 fully saturated rings. The highest BCUT2D eigenvalue weighted by atomic mass is 16.5. The third kappa shape index (κ3) is 4.19. The van der Waals surface area contributed by atoms with Gasteiger partial charge in [0.15, 0.2) is 5.78 Å². The number of nitrogen functional groups attached to an aromatic ring is 1. The van der Waals surface area contributed by atoms with Gasteiger partial charge in [0.25, 0.3) is 0 Å². The Morgan fingerprint density at radius 2 is 2.38 bits per heavy atom. The van der Waals surface area contributed by atoms with E-state index < -0.39 is 0 Å². The van der Waals surface area contributed by atoms with Crippen molar-refractivity contribution in [2.75, 3.05) is 25.5 Å². The molecule has 2 atom stereocenters. The maximum atomic E-state index is 12.4. The van der Waals surface area contributed by atoms with Gasteiger partial charge in [-0.2, -0.15) is 0 Å². The first-order chi connectivity index (χ1) is 10.1. The van der Waals surface area contributed by atoms with E-state index in [1.54, 1.807) is 18.2 Å². The van der Waals surface area contributed by atoms with Crippen molar-refractivity contribution < 1.29 is 14.3 Å². The number of carbonyl (C=O) groups excluding carboxylic acids is 1. The van der Waals surface area contributed by atoms with Gasteiger partial charge in [-0.3, -0.25) is 4.79 Å². The van der Waals surface area contributed by atoms with E-state index >= 15 is 0 Å². The second kappa shape index (κ2) is 7.43. The summed E-state index contributed by atoms with van der Waals surface area (Å²) in [6.07, 6.45) is 2.39. The Morgan fingerprint density at radius 1 is 1.57 bits per heavy atom. The lowest BCUT2D eigenvalue weighted by Crippen LogP contribution is -2.38. The van der Waals surface area contributed by atoms with Crippen LogP contribution in [0.4, 0.5) is 5.69 Å². The first-order valence-corrected chi connectivity index (χ1v) is 7.53. The van der Waals surface area contributed by atoms with E-state index in [1.807, 2.05) is 13.8 Å². The van der Waals surface area contributed by atoms with E-state index in [-0.39, 0.29) is 17.9 Å². The lowest BCUT2D eigenvalue weighted by atomic mass is 10.0. The molecule has 0 amide bonds. The summed E-state index contributed by atoms with van der Waals surface area (Å²) in [4.78, 5) is 12.4. The molecular formula is C16H24N2O3. The van der Waals surface area contributed by atoms with Crippen molar-refractivity contribution in [3.05, 3.63) is 23.8 Å². The van der Waals surface area contributed by atoms with E-state index in [0.29, 0.717) is 30.2 Å². The van der Waals surface area contributed by atoms with Crippen molar-refractivity contribution in [2.45, 2.75) is 38.8 Å². The number of ether oxygens (including phenoxy) is 2. The summed E-state index contributed by atoms with van der Waals surface area (Å²) in [6, 6.07) is 4.93. The molecule has 0 saturated carbocycles. The van der Waals surface area contributed by atoms with Gasteiger partial charge in [-0.15, -0.1) is 0 Å². The van der Waals surface area contributed by atoms with Crippen LogP contribution in [0.3, 0.4) is 0 Å². The van der Waals surface area contributed by atoms with Crippen molar-refractivity contribution in [1.29, 1.82) is 0 Å². The normalized spacial score (nSPS) is 19.4. The minimum absolute atomic E-state index is 0.0303. The molecular weight excluding hydrogens is 268 g/mol. The van der Waals surface area contributed by atoms with Crippen molar-refractivity contribution in [3.63, 3.8) is 0 Å². The molecule has 21 heavy (non-hydrogen) atoms. The summed E-state index contributed by atoms with van der Waals surface area (Å²) in [7, 11) is 0. The number of carbonyl (C=O) groups is 1. The van der Waals surface area contributed by atoms with E-state index in [4.69, 9.17) is 15.2 Å². The fraction of sp³-hybridized carbons (Fsp3) is 0.562. The zero-order chi connectivity index (χ0) is 15.2. The number of hydrogen-bond acceptors (Lipinski definition) is 5. The molecule has 1 aliphatic rings. The molecule has 0 aliphatic carbocycles. The van der Waals surface area contributed by atoms with E-state index in [1.165, 1.54) is 0 Å². The van der Waals surface area contributed by atoms with Crippen LogP contribution in [0.5, 0.6) is 5.75 Å². The van der Waals surface area contributed by atoms with Gasteiger partial charge in [0, 0.05) is 18.7 Å². The first-order valence-electron chi connectivity index (χ1n) is 7.53. The third-order valence-electron chi connectivity index (χ3n) is 3.66. The van der Waals surface area contributed by atoms with Crippen LogP contribution in [0.25, 0.3) is 0 Å². The number of nitrogens with one attached hydrogen (secondary N) is 1. The zero-order valence-electron chi connectivity index (χ0n) is 12.7. The second-order valence-electron chi connectivity index (χ2n) is 5.31. The van der Waals surface area contributed by atoms with Gasteiger partial charge in [-0.1, -0.05) is 0 Å². The van der Waals surface area contributed by atoms with Gasteiger partial charge in [0.05, 0.1) is 24.4 Å². The average molecular weight is 292 g/mol. The molecule has 3 N–H and O–H groups in total. The molecule has 1 aromatic rings. The van der Waals surface area contributed by atoms with Gasteiger partial charge < -0.3 is 20.5 Å². The van der Waals surface area contributed by atoms with Gasteiger partial charge in [0.1, 0.15) is 5.75 Å². The Balaban J connectivity index is 1.93. The maximum absolute atomic E-state index is 12.4. The minimum Gasteiger partial charge on any atom is -0.492 e. The predicted molar refractivity (Wildman–Crippen MR) is 82.8 cm³/mol. The number of hydrogen-bond donors (Lipinski definition) is 2. The van der Waals surface area contributed by atoms with E-state index in [2.05, 4.69) is 5.32 Å². The van der Waals surface area contributed by atoms with Crippen LogP contribution in [0.1, 0.15) is 37.0 Å². The second-order valence-corrected chi connectivity index (χ2v) is 5.31. The van der Waals surface area contributed by atoms with Crippen LogP contribution in [0.2, 0.25) is 0 Å². The summed E-state index contributed by atoms with van der Waals surface area (Å²) in [5, 5.41) is 3.24. The quantitative estimate of drug-likeness (QED) is 0.594. The molecule has 1 heterocycles. The Kier molecular flexibility index (Phi) is 5.59. The van der Waals surface area contributed by atoms with Crippen molar-refractivity contribution in [1.82, 2.24) is 5.32 Å². The molecule has 2 unspecified atom stereocenters. The maximum Gasteiger partial charge on any atom is 0.179 e. The van der Waals surface area contributed by atoms with Gasteiger partial charge in [0.2, 0.25) is 0 Å². The predicted octanol–water partition coefficient (Wildman–Crippen LogP) is 2.01. The largest absolute Gasteiger partial charge is 0.492 e. The zero-order valence-corrected chi connectivity index (χ0v) is 12.7. The van der Waals surface area contributed by atoms with Crippen molar-refractivity contribution >= 4 is 11.5 Å². The number of ketones is 1. The Morgan fingerprint density at radius 3 is 3.00 bits per heavy atom. The first kappa shape index (κ1) is 15.8. The summed E-state index contributed by atoms with van der Waals surface area (Å²) < 4.78 is 10.9. The molecule has 1 saturated heterocycles.